The Morgan fingerprint density at radius 3 is 2.60 bits per heavy atom. The topological polar surface area (TPSA) is 29.5 Å². The highest BCUT2D eigenvalue weighted by molar-refractivity contribution is 5.33. The van der Waals surface area contributed by atoms with Crippen molar-refractivity contribution in [3.8, 4) is 11.5 Å². The fourth-order valence-corrected chi connectivity index (χ4v) is 1.17. The van der Waals surface area contributed by atoms with Gasteiger partial charge in [0.1, 0.15) is 0 Å². The van der Waals surface area contributed by atoms with Crippen LogP contribution in [-0.4, -0.2) is 11.7 Å². The molecular weight excluding hydrogens is 202 g/mol. The summed E-state index contributed by atoms with van der Waals surface area (Å²) < 4.78 is 31.0. The SMILES string of the molecule is CCCCCOc1ccc(O)c(F)c1F. The normalized spacial score (nSPS) is 10.3. The third kappa shape index (κ3) is 3.08. The van der Waals surface area contributed by atoms with Crippen LogP contribution in [0.3, 0.4) is 0 Å². The lowest BCUT2D eigenvalue weighted by atomic mass is 10.2. The molecule has 0 atom stereocenters. The first-order valence-electron chi connectivity index (χ1n) is 4.96. The molecule has 0 radical (unpaired) electrons. The minimum Gasteiger partial charge on any atom is -0.505 e. The standard InChI is InChI=1S/C11H14F2O2/c1-2-3-4-7-15-9-6-5-8(14)10(12)11(9)13/h5-6,14H,2-4,7H2,1H3. The van der Waals surface area contributed by atoms with Crippen molar-refractivity contribution >= 4 is 0 Å². The molecule has 0 unspecified atom stereocenters. The van der Waals surface area contributed by atoms with E-state index >= 15 is 0 Å². The first-order chi connectivity index (χ1) is 7.16. The molecule has 0 saturated carbocycles. The molecule has 0 aliphatic rings. The lowest BCUT2D eigenvalue weighted by molar-refractivity contribution is 0.283. The Morgan fingerprint density at radius 2 is 1.93 bits per heavy atom. The van der Waals surface area contributed by atoms with E-state index in [-0.39, 0.29) is 5.75 Å². The molecule has 0 amide bonds. The second kappa shape index (κ2) is 5.53. The number of unbranched alkanes of at least 4 members (excludes halogenated alkanes) is 2. The van der Waals surface area contributed by atoms with Gasteiger partial charge in [-0.3, -0.25) is 0 Å². The molecule has 0 spiro atoms. The molecule has 0 aromatic heterocycles. The maximum atomic E-state index is 13.1. The molecule has 0 bridgehead atoms. The van der Waals surface area contributed by atoms with Gasteiger partial charge >= 0.3 is 0 Å². The number of rotatable bonds is 5. The highest BCUT2D eigenvalue weighted by atomic mass is 19.2. The molecule has 0 aliphatic carbocycles. The molecular formula is C11H14F2O2. The fraction of sp³-hybridized carbons (Fsp3) is 0.455. The summed E-state index contributed by atoms with van der Waals surface area (Å²) in [5.41, 5.74) is 0. The molecule has 2 nitrogen and oxygen atoms in total. The number of aromatic hydroxyl groups is 1. The van der Waals surface area contributed by atoms with E-state index in [1.165, 1.54) is 6.07 Å². The Labute approximate surface area is 87.5 Å². The molecule has 0 heterocycles. The van der Waals surface area contributed by atoms with Crippen LogP contribution < -0.4 is 4.74 Å². The van der Waals surface area contributed by atoms with Crippen molar-refractivity contribution in [3.63, 3.8) is 0 Å². The summed E-state index contributed by atoms with van der Waals surface area (Å²) in [4.78, 5) is 0. The largest absolute Gasteiger partial charge is 0.505 e. The minimum atomic E-state index is -1.26. The fourth-order valence-electron chi connectivity index (χ4n) is 1.17. The molecule has 0 saturated heterocycles. The van der Waals surface area contributed by atoms with Crippen LogP contribution in [0.5, 0.6) is 11.5 Å². The molecule has 1 aromatic carbocycles. The Morgan fingerprint density at radius 1 is 1.20 bits per heavy atom. The van der Waals surface area contributed by atoms with Gasteiger partial charge in [-0.15, -0.1) is 0 Å². The van der Waals surface area contributed by atoms with Crippen LogP contribution >= 0.6 is 0 Å². The van der Waals surface area contributed by atoms with Gasteiger partial charge < -0.3 is 9.84 Å². The summed E-state index contributed by atoms with van der Waals surface area (Å²) in [6.45, 7) is 2.40. The number of phenols is 1. The van der Waals surface area contributed by atoms with Crippen molar-refractivity contribution in [1.82, 2.24) is 0 Å². The zero-order valence-corrected chi connectivity index (χ0v) is 8.59. The maximum Gasteiger partial charge on any atom is 0.204 e. The molecule has 84 valence electrons. The predicted molar refractivity (Wildman–Crippen MR) is 53.0 cm³/mol. The monoisotopic (exact) mass is 216 g/mol. The second-order valence-electron chi connectivity index (χ2n) is 3.27. The highest BCUT2D eigenvalue weighted by Gasteiger charge is 2.13. The molecule has 4 heteroatoms. The molecule has 0 fully saturated rings. The Kier molecular flexibility index (Phi) is 4.34. The van der Waals surface area contributed by atoms with Crippen LogP contribution in [0.15, 0.2) is 12.1 Å². The van der Waals surface area contributed by atoms with Gasteiger partial charge in [0.15, 0.2) is 11.5 Å². The third-order valence-electron chi connectivity index (χ3n) is 2.03. The third-order valence-corrected chi connectivity index (χ3v) is 2.03. The van der Waals surface area contributed by atoms with E-state index in [1.807, 2.05) is 6.92 Å². The number of halogens is 2. The van der Waals surface area contributed by atoms with Crippen molar-refractivity contribution in [2.45, 2.75) is 26.2 Å². The summed E-state index contributed by atoms with van der Waals surface area (Å²) in [5, 5.41) is 8.86. The molecule has 1 aromatic rings. The van der Waals surface area contributed by atoms with E-state index in [9.17, 15) is 8.78 Å². The van der Waals surface area contributed by atoms with Crippen LogP contribution in [0, 0.1) is 11.6 Å². The summed E-state index contributed by atoms with van der Waals surface area (Å²) >= 11 is 0. The Bertz CT molecular complexity index is 327. The lowest BCUT2D eigenvalue weighted by Crippen LogP contribution is -2.00. The van der Waals surface area contributed by atoms with Crippen molar-refractivity contribution in [1.29, 1.82) is 0 Å². The second-order valence-corrected chi connectivity index (χ2v) is 3.27. The van der Waals surface area contributed by atoms with E-state index in [1.54, 1.807) is 0 Å². The highest BCUT2D eigenvalue weighted by Crippen LogP contribution is 2.26. The van der Waals surface area contributed by atoms with E-state index in [0.717, 1.165) is 25.3 Å². The number of phenolic OH excluding ortho intramolecular Hbond substituents is 1. The number of hydrogen-bond acceptors (Lipinski definition) is 2. The zero-order valence-electron chi connectivity index (χ0n) is 8.59. The molecule has 0 aliphatic heterocycles. The first kappa shape index (κ1) is 11.8. The average molecular weight is 216 g/mol. The Hall–Kier alpha value is -1.32. The number of hydrogen-bond donors (Lipinski definition) is 1. The Balaban J connectivity index is 2.58. The van der Waals surface area contributed by atoms with E-state index in [0.29, 0.717) is 6.61 Å². The van der Waals surface area contributed by atoms with Gasteiger partial charge in [-0.25, -0.2) is 0 Å². The van der Waals surface area contributed by atoms with Crippen molar-refractivity contribution in [2.24, 2.45) is 0 Å². The van der Waals surface area contributed by atoms with Gasteiger partial charge in [-0.2, -0.15) is 8.78 Å². The average Bonchev–Trinajstić information content (AvgIpc) is 2.24. The molecule has 1 rings (SSSR count). The number of benzene rings is 1. The maximum absolute atomic E-state index is 13.1. The van der Waals surface area contributed by atoms with E-state index in [4.69, 9.17) is 9.84 Å². The predicted octanol–water partition coefficient (Wildman–Crippen LogP) is 3.24. The van der Waals surface area contributed by atoms with Crippen molar-refractivity contribution in [2.75, 3.05) is 6.61 Å². The van der Waals surface area contributed by atoms with Gasteiger partial charge in [-0.1, -0.05) is 19.8 Å². The summed E-state index contributed by atoms with van der Waals surface area (Å²) in [6, 6.07) is 2.30. The van der Waals surface area contributed by atoms with Crippen LogP contribution in [0.4, 0.5) is 8.78 Å². The van der Waals surface area contributed by atoms with Gasteiger partial charge in [-0.05, 0) is 18.6 Å². The molecule has 15 heavy (non-hydrogen) atoms. The summed E-state index contributed by atoms with van der Waals surface area (Å²) in [7, 11) is 0. The van der Waals surface area contributed by atoms with E-state index in [2.05, 4.69) is 0 Å². The zero-order chi connectivity index (χ0) is 11.3. The summed E-state index contributed by atoms with van der Waals surface area (Å²) in [5.74, 6) is -3.25. The van der Waals surface area contributed by atoms with Crippen molar-refractivity contribution < 1.29 is 18.6 Å². The van der Waals surface area contributed by atoms with Crippen molar-refractivity contribution in [3.05, 3.63) is 23.8 Å². The summed E-state index contributed by atoms with van der Waals surface area (Å²) in [6.07, 6.45) is 2.83. The first-order valence-corrected chi connectivity index (χ1v) is 4.96. The lowest BCUT2D eigenvalue weighted by Gasteiger charge is -2.07. The van der Waals surface area contributed by atoms with Gasteiger partial charge in [0.2, 0.25) is 11.6 Å². The quantitative estimate of drug-likeness (QED) is 0.765. The smallest absolute Gasteiger partial charge is 0.204 e. The van der Waals surface area contributed by atoms with E-state index < -0.39 is 17.4 Å². The van der Waals surface area contributed by atoms with Gasteiger partial charge in [0, 0.05) is 0 Å². The minimum absolute atomic E-state index is 0.151. The molecule has 1 N–H and O–H groups in total. The van der Waals surface area contributed by atoms with Gasteiger partial charge in [0.25, 0.3) is 0 Å². The van der Waals surface area contributed by atoms with Gasteiger partial charge in [0.05, 0.1) is 6.61 Å². The van der Waals surface area contributed by atoms with Crippen LogP contribution in [0.2, 0.25) is 0 Å². The van der Waals surface area contributed by atoms with Crippen LogP contribution in [0.25, 0.3) is 0 Å². The van der Waals surface area contributed by atoms with Crippen LogP contribution in [0.1, 0.15) is 26.2 Å². The van der Waals surface area contributed by atoms with Crippen LogP contribution in [-0.2, 0) is 0 Å². The number of ether oxygens (including phenoxy) is 1.